The maximum Gasteiger partial charge on any atom is 0.227 e. The molecule has 0 bridgehead atoms. The van der Waals surface area contributed by atoms with E-state index in [1.54, 1.807) is 4.90 Å². The molecule has 1 spiro atoms. The maximum atomic E-state index is 12.1. The molecular formula is C23H27ClN4O2S. The lowest BCUT2D eigenvalue weighted by Crippen LogP contribution is -2.41. The fraction of sp³-hybridized carbons (Fsp3) is 0.522. The van der Waals surface area contributed by atoms with Crippen LogP contribution in [0.5, 0.6) is 0 Å². The summed E-state index contributed by atoms with van der Waals surface area (Å²) in [6.45, 7) is 5.79. The second-order valence-corrected chi connectivity index (χ2v) is 10.3. The number of halogens is 1. The molecule has 1 aromatic carbocycles. The van der Waals surface area contributed by atoms with Crippen molar-refractivity contribution < 1.29 is 9.53 Å². The number of benzene rings is 1. The first-order valence-electron chi connectivity index (χ1n) is 11.0. The number of ether oxygens (including phenoxy) is 1. The van der Waals surface area contributed by atoms with E-state index in [0.717, 1.165) is 66.9 Å². The minimum Gasteiger partial charge on any atom is -0.378 e. The third-order valence-electron chi connectivity index (χ3n) is 6.68. The van der Waals surface area contributed by atoms with E-state index < -0.39 is 0 Å². The molecule has 6 nitrogen and oxygen atoms in total. The molecular weight excluding hydrogens is 432 g/mol. The molecule has 0 unspecified atom stereocenters. The third kappa shape index (κ3) is 4.28. The molecule has 1 atom stereocenters. The average molecular weight is 459 g/mol. The molecule has 0 saturated carbocycles. The van der Waals surface area contributed by atoms with E-state index >= 15 is 0 Å². The third-order valence-corrected chi connectivity index (χ3v) is 8.17. The zero-order chi connectivity index (χ0) is 21.4. The summed E-state index contributed by atoms with van der Waals surface area (Å²) in [5, 5.41) is 1.39. The van der Waals surface area contributed by atoms with E-state index in [-0.39, 0.29) is 5.91 Å². The van der Waals surface area contributed by atoms with Crippen molar-refractivity contribution in [2.24, 2.45) is 5.41 Å². The number of hydrogen-bond acceptors (Lipinski definition) is 6. The van der Waals surface area contributed by atoms with Crippen LogP contribution in [-0.4, -0.2) is 48.2 Å². The molecule has 31 heavy (non-hydrogen) atoms. The largest absolute Gasteiger partial charge is 0.378 e. The quantitative estimate of drug-likeness (QED) is 0.655. The van der Waals surface area contributed by atoms with Gasteiger partial charge in [-0.15, -0.1) is 0 Å². The normalized spacial score (nSPS) is 23.2. The van der Waals surface area contributed by atoms with E-state index in [0.29, 0.717) is 23.0 Å². The van der Waals surface area contributed by atoms with Crippen molar-refractivity contribution in [2.75, 3.05) is 36.0 Å². The Kier molecular flexibility index (Phi) is 5.84. The van der Waals surface area contributed by atoms with Crippen molar-refractivity contribution in [2.45, 2.75) is 55.1 Å². The maximum absolute atomic E-state index is 12.1. The molecule has 4 heterocycles. The number of piperidine rings is 1. The summed E-state index contributed by atoms with van der Waals surface area (Å²) < 4.78 is 5.83. The van der Waals surface area contributed by atoms with Gasteiger partial charge in [0.2, 0.25) is 5.91 Å². The van der Waals surface area contributed by atoms with Crippen LogP contribution in [0.15, 0.2) is 40.5 Å². The molecule has 1 amide bonds. The lowest BCUT2D eigenvalue weighted by Gasteiger charge is -2.38. The lowest BCUT2D eigenvalue weighted by atomic mass is 9.77. The topological polar surface area (TPSA) is 58.6 Å². The van der Waals surface area contributed by atoms with Crippen LogP contribution in [-0.2, 0) is 9.53 Å². The van der Waals surface area contributed by atoms with Gasteiger partial charge in [0.25, 0.3) is 0 Å². The van der Waals surface area contributed by atoms with Gasteiger partial charge in [0, 0.05) is 31.0 Å². The van der Waals surface area contributed by atoms with Gasteiger partial charge in [0.1, 0.15) is 10.8 Å². The number of carbonyl (C=O) groups is 1. The van der Waals surface area contributed by atoms with Gasteiger partial charge < -0.3 is 14.5 Å². The van der Waals surface area contributed by atoms with Crippen molar-refractivity contribution in [3.05, 3.63) is 35.6 Å². The first-order chi connectivity index (χ1) is 15.0. The van der Waals surface area contributed by atoms with Crippen molar-refractivity contribution >= 4 is 40.8 Å². The zero-order valence-corrected chi connectivity index (χ0v) is 19.3. The Labute approximate surface area is 192 Å². The Morgan fingerprint density at radius 3 is 2.68 bits per heavy atom. The van der Waals surface area contributed by atoms with Crippen LogP contribution in [0, 0.1) is 5.41 Å². The molecule has 3 aliphatic heterocycles. The van der Waals surface area contributed by atoms with Crippen molar-refractivity contribution in [3.8, 4) is 0 Å². The summed E-state index contributed by atoms with van der Waals surface area (Å²) in [4.78, 5) is 26.4. The van der Waals surface area contributed by atoms with Crippen LogP contribution in [0.4, 0.5) is 11.5 Å². The van der Waals surface area contributed by atoms with Crippen LogP contribution < -0.4 is 9.80 Å². The van der Waals surface area contributed by atoms with Gasteiger partial charge >= 0.3 is 0 Å². The zero-order valence-electron chi connectivity index (χ0n) is 17.7. The van der Waals surface area contributed by atoms with Crippen molar-refractivity contribution in [1.82, 2.24) is 9.97 Å². The number of rotatable bonds is 4. The van der Waals surface area contributed by atoms with Crippen LogP contribution >= 0.6 is 23.4 Å². The number of anilines is 2. The van der Waals surface area contributed by atoms with Gasteiger partial charge in [-0.1, -0.05) is 29.4 Å². The lowest BCUT2D eigenvalue weighted by molar-refractivity contribution is -0.117. The molecule has 164 valence electrons. The highest BCUT2D eigenvalue weighted by molar-refractivity contribution is 7.99. The van der Waals surface area contributed by atoms with E-state index in [9.17, 15) is 4.79 Å². The second-order valence-electron chi connectivity index (χ2n) is 8.87. The Morgan fingerprint density at radius 1 is 1.19 bits per heavy atom. The van der Waals surface area contributed by atoms with Gasteiger partial charge in [0.15, 0.2) is 0 Å². The summed E-state index contributed by atoms with van der Waals surface area (Å²) in [5.41, 5.74) is 1.14. The van der Waals surface area contributed by atoms with Crippen LogP contribution in [0.1, 0.15) is 39.0 Å². The van der Waals surface area contributed by atoms with Crippen LogP contribution in [0.3, 0.4) is 0 Å². The fourth-order valence-electron chi connectivity index (χ4n) is 4.93. The van der Waals surface area contributed by atoms with E-state index in [2.05, 4.69) is 21.8 Å². The average Bonchev–Trinajstić information content (AvgIpc) is 3.36. The SMILES string of the molecule is C[C@H]1CC2(CCN(c3cnc(Sc4cccc(N5CCCC5=O)c4Cl)cn3)CC2)CO1. The predicted octanol–water partition coefficient (Wildman–Crippen LogP) is 4.80. The Morgan fingerprint density at radius 2 is 2.03 bits per heavy atom. The molecule has 8 heteroatoms. The molecule has 3 aliphatic rings. The van der Waals surface area contributed by atoms with E-state index in [1.165, 1.54) is 18.2 Å². The highest BCUT2D eigenvalue weighted by Gasteiger charge is 2.41. The summed E-state index contributed by atoms with van der Waals surface area (Å²) >= 11 is 8.13. The van der Waals surface area contributed by atoms with Crippen molar-refractivity contribution in [3.63, 3.8) is 0 Å². The fourth-order valence-corrected chi connectivity index (χ4v) is 6.05. The van der Waals surface area contributed by atoms with Gasteiger partial charge in [-0.3, -0.25) is 4.79 Å². The molecule has 0 radical (unpaired) electrons. The number of carbonyl (C=O) groups excluding carboxylic acids is 1. The van der Waals surface area contributed by atoms with Gasteiger partial charge in [-0.25, -0.2) is 9.97 Å². The summed E-state index contributed by atoms with van der Waals surface area (Å²) in [5.74, 6) is 1.06. The molecule has 2 aromatic rings. The van der Waals surface area contributed by atoms with Gasteiger partial charge in [-0.05, 0) is 50.2 Å². The van der Waals surface area contributed by atoms with E-state index in [1.807, 2.05) is 30.6 Å². The molecule has 0 N–H and O–H groups in total. The standard InChI is InChI=1S/C23H27ClN4O2S/c1-16-12-23(15-30-16)7-10-27(11-8-23)19-13-26-20(14-25-19)31-18-5-2-4-17(22(18)24)28-9-3-6-21(28)29/h2,4-5,13-14,16H,3,6-12,15H2,1H3/t16-/m0/s1. The van der Waals surface area contributed by atoms with Gasteiger partial charge in [-0.2, -0.15) is 0 Å². The first-order valence-corrected chi connectivity index (χ1v) is 12.2. The molecule has 3 fully saturated rings. The summed E-state index contributed by atoms with van der Waals surface area (Å²) in [7, 11) is 0. The first kappa shape index (κ1) is 21.0. The highest BCUT2D eigenvalue weighted by Crippen LogP contribution is 2.43. The smallest absolute Gasteiger partial charge is 0.227 e. The van der Waals surface area contributed by atoms with Crippen LogP contribution in [0.25, 0.3) is 0 Å². The van der Waals surface area contributed by atoms with E-state index in [4.69, 9.17) is 16.3 Å². The van der Waals surface area contributed by atoms with Crippen molar-refractivity contribution in [1.29, 1.82) is 0 Å². The Bertz CT molecular complexity index is 963. The van der Waals surface area contributed by atoms with Gasteiger partial charge in [0.05, 0.1) is 35.8 Å². The number of amides is 1. The second kappa shape index (κ2) is 8.60. The minimum atomic E-state index is 0.134. The summed E-state index contributed by atoms with van der Waals surface area (Å²) in [6.07, 6.45) is 8.99. The number of nitrogens with zero attached hydrogens (tertiary/aromatic N) is 4. The summed E-state index contributed by atoms with van der Waals surface area (Å²) in [6, 6.07) is 5.80. The van der Waals surface area contributed by atoms with Crippen LogP contribution in [0.2, 0.25) is 5.02 Å². The monoisotopic (exact) mass is 458 g/mol. The number of hydrogen-bond donors (Lipinski definition) is 0. The predicted molar refractivity (Wildman–Crippen MR) is 123 cm³/mol. The highest BCUT2D eigenvalue weighted by atomic mass is 35.5. The Hall–Kier alpha value is -1.83. The molecule has 0 aliphatic carbocycles. The molecule has 5 rings (SSSR count). The molecule has 1 aromatic heterocycles. The minimum absolute atomic E-state index is 0.134. The number of aromatic nitrogens is 2. The Balaban J connectivity index is 1.25. The molecule has 3 saturated heterocycles.